The van der Waals surface area contributed by atoms with E-state index in [0.29, 0.717) is 23.4 Å². The van der Waals surface area contributed by atoms with Crippen molar-refractivity contribution < 1.29 is 13.2 Å². The molecule has 0 atom stereocenters. The van der Waals surface area contributed by atoms with Gasteiger partial charge < -0.3 is 10.2 Å². The number of alkyl halides is 3. The van der Waals surface area contributed by atoms with Gasteiger partial charge in [-0.25, -0.2) is 0 Å². The molecule has 0 radical (unpaired) electrons. The Labute approximate surface area is 153 Å². The summed E-state index contributed by atoms with van der Waals surface area (Å²) in [6.45, 7) is 0.618. The molecule has 0 saturated heterocycles. The number of thiocarbonyl (C=S) groups is 1. The van der Waals surface area contributed by atoms with Gasteiger partial charge in [-0.3, -0.25) is 4.98 Å². The molecular formula is C17H15ClF3N3S. The summed E-state index contributed by atoms with van der Waals surface area (Å²) in [6.07, 6.45) is 1.04. The standard InChI is InChI=1S/C17H15ClF3N3S/c18-15-9-12(1-4-14(15)17(19,20)21)23-16(25)24(13-2-3-13)10-11-5-7-22-8-6-11/h1,4-9,13H,2-3,10H2,(H,23,25). The first-order chi connectivity index (χ1) is 11.8. The van der Waals surface area contributed by atoms with E-state index in [1.54, 1.807) is 12.4 Å². The van der Waals surface area contributed by atoms with E-state index in [0.717, 1.165) is 24.5 Å². The molecule has 3 nitrogen and oxygen atoms in total. The minimum Gasteiger partial charge on any atom is -0.342 e. The van der Waals surface area contributed by atoms with E-state index in [4.69, 9.17) is 23.8 Å². The maximum atomic E-state index is 12.8. The van der Waals surface area contributed by atoms with E-state index in [1.165, 1.54) is 12.1 Å². The smallest absolute Gasteiger partial charge is 0.342 e. The monoisotopic (exact) mass is 385 g/mol. The van der Waals surface area contributed by atoms with Gasteiger partial charge in [0.2, 0.25) is 0 Å². The van der Waals surface area contributed by atoms with Crippen LogP contribution in [0.25, 0.3) is 0 Å². The normalized spacial score (nSPS) is 14.2. The molecule has 3 rings (SSSR count). The van der Waals surface area contributed by atoms with Crippen molar-refractivity contribution in [2.75, 3.05) is 5.32 Å². The first-order valence-corrected chi connectivity index (χ1v) is 8.46. The number of rotatable bonds is 4. The largest absolute Gasteiger partial charge is 0.417 e. The van der Waals surface area contributed by atoms with Crippen molar-refractivity contribution in [3.63, 3.8) is 0 Å². The molecule has 1 aliphatic carbocycles. The summed E-state index contributed by atoms with van der Waals surface area (Å²) in [5, 5.41) is 3.11. The lowest BCUT2D eigenvalue weighted by molar-refractivity contribution is -0.137. The first kappa shape index (κ1) is 17.9. The van der Waals surface area contributed by atoms with Crippen molar-refractivity contribution >= 4 is 34.6 Å². The van der Waals surface area contributed by atoms with Crippen LogP contribution in [-0.4, -0.2) is 21.0 Å². The van der Waals surface area contributed by atoms with Crippen LogP contribution < -0.4 is 5.32 Å². The summed E-state index contributed by atoms with van der Waals surface area (Å²) in [5.74, 6) is 0. The molecule has 1 aromatic heterocycles. The highest BCUT2D eigenvalue weighted by Crippen LogP contribution is 2.36. The van der Waals surface area contributed by atoms with Crippen LogP contribution in [-0.2, 0) is 12.7 Å². The highest BCUT2D eigenvalue weighted by molar-refractivity contribution is 7.80. The van der Waals surface area contributed by atoms with Gasteiger partial charge in [0.1, 0.15) is 0 Å². The van der Waals surface area contributed by atoms with Crippen LogP contribution in [0.15, 0.2) is 42.7 Å². The Morgan fingerprint density at radius 3 is 2.48 bits per heavy atom. The molecule has 1 saturated carbocycles. The van der Waals surface area contributed by atoms with Gasteiger partial charge in [-0.1, -0.05) is 11.6 Å². The molecule has 0 spiro atoms. The Morgan fingerprint density at radius 2 is 1.92 bits per heavy atom. The van der Waals surface area contributed by atoms with Gasteiger partial charge in [0, 0.05) is 30.7 Å². The van der Waals surface area contributed by atoms with Crippen molar-refractivity contribution in [2.45, 2.75) is 31.6 Å². The third-order valence-corrected chi connectivity index (χ3v) is 4.53. The molecule has 1 aliphatic rings. The van der Waals surface area contributed by atoms with Gasteiger partial charge in [-0.15, -0.1) is 0 Å². The molecular weight excluding hydrogens is 371 g/mol. The second kappa shape index (κ2) is 7.17. The van der Waals surface area contributed by atoms with Gasteiger partial charge >= 0.3 is 6.18 Å². The molecule has 1 N–H and O–H groups in total. The van der Waals surface area contributed by atoms with Crippen molar-refractivity contribution in [3.8, 4) is 0 Å². The lowest BCUT2D eigenvalue weighted by Crippen LogP contribution is -2.36. The number of hydrogen-bond acceptors (Lipinski definition) is 2. The zero-order valence-corrected chi connectivity index (χ0v) is 14.6. The molecule has 1 heterocycles. The number of anilines is 1. The second-order valence-electron chi connectivity index (χ2n) is 5.84. The van der Waals surface area contributed by atoms with Gasteiger partial charge in [-0.05, 0) is 61.0 Å². The SMILES string of the molecule is FC(F)(F)c1ccc(NC(=S)N(Cc2ccncc2)C2CC2)cc1Cl. The van der Waals surface area contributed by atoms with Crippen LogP contribution >= 0.6 is 23.8 Å². The Balaban J connectivity index is 1.72. The Kier molecular flexibility index (Phi) is 5.15. The molecule has 0 amide bonds. The number of nitrogens with zero attached hydrogens (tertiary/aromatic N) is 2. The number of benzene rings is 1. The zero-order chi connectivity index (χ0) is 18.0. The Hall–Kier alpha value is -1.86. The van der Waals surface area contributed by atoms with Crippen LogP contribution in [0, 0.1) is 0 Å². The molecule has 8 heteroatoms. The number of hydrogen-bond donors (Lipinski definition) is 1. The number of nitrogens with one attached hydrogen (secondary N) is 1. The lowest BCUT2D eigenvalue weighted by atomic mass is 10.2. The molecule has 0 unspecified atom stereocenters. The van der Waals surface area contributed by atoms with E-state index >= 15 is 0 Å². The van der Waals surface area contributed by atoms with Crippen LogP contribution in [0.1, 0.15) is 24.0 Å². The fourth-order valence-electron chi connectivity index (χ4n) is 2.46. The van der Waals surface area contributed by atoms with Gasteiger partial charge in [0.25, 0.3) is 0 Å². The summed E-state index contributed by atoms with van der Waals surface area (Å²) >= 11 is 11.2. The molecule has 1 aromatic carbocycles. The molecule has 25 heavy (non-hydrogen) atoms. The van der Waals surface area contributed by atoms with Crippen molar-refractivity contribution in [1.29, 1.82) is 0 Å². The van der Waals surface area contributed by atoms with Crippen LogP contribution in [0.2, 0.25) is 5.02 Å². The minimum absolute atomic E-state index is 0.345. The average Bonchev–Trinajstić information content (AvgIpc) is 3.37. The third-order valence-electron chi connectivity index (χ3n) is 3.88. The Morgan fingerprint density at radius 1 is 1.24 bits per heavy atom. The minimum atomic E-state index is -4.47. The third kappa shape index (κ3) is 4.61. The second-order valence-corrected chi connectivity index (χ2v) is 6.63. The van der Waals surface area contributed by atoms with Crippen LogP contribution in [0.3, 0.4) is 0 Å². The van der Waals surface area contributed by atoms with E-state index < -0.39 is 11.7 Å². The van der Waals surface area contributed by atoms with Crippen molar-refractivity contribution in [2.24, 2.45) is 0 Å². The molecule has 2 aromatic rings. The van der Waals surface area contributed by atoms with E-state index in [2.05, 4.69) is 10.3 Å². The summed E-state index contributed by atoms with van der Waals surface area (Å²) in [5.41, 5.74) is 0.640. The number of aromatic nitrogens is 1. The zero-order valence-electron chi connectivity index (χ0n) is 13.1. The van der Waals surface area contributed by atoms with Crippen LogP contribution in [0.4, 0.5) is 18.9 Å². The van der Waals surface area contributed by atoms with Gasteiger partial charge in [0.15, 0.2) is 5.11 Å². The van der Waals surface area contributed by atoms with Gasteiger partial charge in [0.05, 0.1) is 10.6 Å². The van der Waals surface area contributed by atoms with Crippen molar-refractivity contribution in [3.05, 3.63) is 58.9 Å². The highest BCUT2D eigenvalue weighted by Gasteiger charge is 2.33. The maximum absolute atomic E-state index is 12.8. The van der Waals surface area contributed by atoms with Crippen LogP contribution in [0.5, 0.6) is 0 Å². The summed E-state index contributed by atoms with van der Waals surface area (Å²) < 4.78 is 38.4. The lowest BCUT2D eigenvalue weighted by Gasteiger charge is -2.26. The fraction of sp³-hybridized carbons (Fsp3) is 0.294. The summed E-state index contributed by atoms with van der Waals surface area (Å²) in [7, 11) is 0. The Bertz CT molecular complexity index is 763. The number of pyridine rings is 1. The summed E-state index contributed by atoms with van der Waals surface area (Å²) in [6, 6.07) is 7.70. The van der Waals surface area contributed by atoms with Crippen molar-refractivity contribution in [1.82, 2.24) is 9.88 Å². The highest BCUT2D eigenvalue weighted by atomic mass is 35.5. The molecule has 0 aliphatic heterocycles. The number of halogens is 4. The molecule has 1 fully saturated rings. The predicted octanol–water partition coefficient (Wildman–Crippen LogP) is 5.12. The summed E-state index contributed by atoms with van der Waals surface area (Å²) in [4.78, 5) is 6.03. The van der Waals surface area contributed by atoms with Gasteiger partial charge in [-0.2, -0.15) is 13.2 Å². The molecule has 0 bridgehead atoms. The fourth-order valence-corrected chi connectivity index (χ4v) is 3.08. The molecule has 132 valence electrons. The average molecular weight is 386 g/mol. The topological polar surface area (TPSA) is 28.2 Å². The first-order valence-electron chi connectivity index (χ1n) is 7.68. The maximum Gasteiger partial charge on any atom is 0.417 e. The van der Waals surface area contributed by atoms with E-state index in [-0.39, 0.29) is 5.02 Å². The van der Waals surface area contributed by atoms with E-state index in [1.807, 2.05) is 17.0 Å². The van der Waals surface area contributed by atoms with E-state index in [9.17, 15) is 13.2 Å². The predicted molar refractivity (Wildman–Crippen MR) is 95.5 cm³/mol. The quantitative estimate of drug-likeness (QED) is 0.740.